The molecule has 6 heteroatoms. The molecule has 0 saturated carbocycles. The molecule has 1 atom stereocenters. The maximum Gasteiger partial charge on any atom is 0.127 e. The fourth-order valence-corrected chi connectivity index (χ4v) is 3.11. The van der Waals surface area contributed by atoms with Crippen LogP contribution >= 0.6 is 0 Å². The normalized spacial score (nSPS) is 18.8. The zero-order chi connectivity index (χ0) is 16.2. The summed E-state index contributed by atoms with van der Waals surface area (Å²) < 4.78 is 13.0. The molecule has 0 radical (unpaired) electrons. The number of aromatic nitrogens is 2. The van der Waals surface area contributed by atoms with Crippen LogP contribution in [-0.2, 0) is 13.6 Å². The summed E-state index contributed by atoms with van der Waals surface area (Å²) in [5, 5.41) is 3.47. The number of nitrogens with zero attached hydrogens (tertiary/aromatic N) is 3. The fourth-order valence-electron chi connectivity index (χ4n) is 3.11. The second-order valence-electron chi connectivity index (χ2n) is 5.76. The van der Waals surface area contributed by atoms with Crippen LogP contribution in [0.1, 0.15) is 17.4 Å². The van der Waals surface area contributed by atoms with Gasteiger partial charge in [-0.15, -0.1) is 0 Å². The molecule has 6 nitrogen and oxygen atoms in total. The van der Waals surface area contributed by atoms with Gasteiger partial charge in [0.2, 0.25) is 0 Å². The maximum absolute atomic E-state index is 5.52. The SMILES string of the molecule is COc1ccc(OC)c(CN2CCNCC2c2nccn2C)c1. The highest BCUT2D eigenvalue weighted by Crippen LogP contribution is 2.29. The molecule has 124 valence electrons. The molecule has 2 aromatic rings. The number of piperazine rings is 1. The van der Waals surface area contributed by atoms with Gasteiger partial charge in [-0.1, -0.05) is 0 Å². The third-order valence-electron chi connectivity index (χ3n) is 4.37. The van der Waals surface area contributed by atoms with Gasteiger partial charge < -0.3 is 19.4 Å². The Morgan fingerprint density at radius 1 is 1.30 bits per heavy atom. The molecular weight excluding hydrogens is 292 g/mol. The van der Waals surface area contributed by atoms with E-state index in [4.69, 9.17) is 9.47 Å². The predicted molar refractivity (Wildman–Crippen MR) is 88.8 cm³/mol. The molecule has 1 aliphatic heterocycles. The van der Waals surface area contributed by atoms with Crippen LogP contribution in [0.3, 0.4) is 0 Å². The largest absolute Gasteiger partial charge is 0.497 e. The molecule has 0 amide bonds. The van der Waals surface area contributed by atoms with Crippen molar-refractivity contribution in [3.8, 4) is 11.5 Å². The van der Waals surface area contributed by atoms with Gasteiger partial charge in [0.05, 0.1) is 20.3 Å². The summed E-state index contributed by atoms with van der Waals surface area (Å²) in [6.45, 7) is 3.65. The highest BCUT2D eigenvalue weighted by molar-refractivity contribution is 5.40. The van der Waals surface area contributed by atoms with Crippen molar-refractivity contribution >= 4 is 0 Å². The quantitative estimate of drug-likeness (QED) is 0.908. The van der Waals surface area contributed by atoms with Crippen LogP contribution in [0.2, 0.25) is 0 Å². The Kier molecular flexibility index (Phi) is 4.83. The van der Waals surface area contributed by atoms with E-state index in [0.717, 1.165) is 49.1 Å². The lowest BCUT2D eigenvalue weighted by molar-refractivity contribution is 0.143. The van der Waals surface area contributed by atoms with Crippen molar-refractivity contribution < 1.29 is 9.47 Å². The van der Waals surface area contributed by atoms with E-state index in [1.165, 1.54) is 0 Å². The number of hydrogen-bond acceptors (Lipinski definition) is 5. The van der Waals surface area contributed by atoms with Crippen LogP contribution in [0.5, 0.6) is 11.5 Å². The van der Waals surface area contributed by atoms with Crippen LogP contribution in [0.25, 0.3) is 0 Å². The number of hydrogen-bond donors (Lipinski definition) is 1. The van der Waals surface area contributed by atoms with Gasteiger partial charge in [0.1, 0.15) is 17.3 Å². The summed E-state index contributed by atoms with van der Waals surface area (Å²) in [7, 11) is 5.44. The summed E-state index contributed by atoms with van der Waals surface area (Å²) in [5.41, 5.74) is 1.13. The first-order valence-electron chi connectivity index (χ1n) is 7.86. The van der Waals surface area contributed by atoms with E-state index < -0.39 is 0 Å². The first kappa shape index (κ1) is 15.8. The van der Waals surface area contributed by atoms with Crippen molar-refractivity contribution in [3.63, 3.8) is 0 Å². The lowest BCUT2D eigenvalue weighted by Crippen LogP contribution is -2.46. The second-order valence-corrected chi connectivity index (χ2v) is 5.76. The van der Waals surface area contributed by atoms with Crippen LogP contribution in [0, 0.1) is 0 Å². The fraction of sp³-hybridized carbons (Fsp3) is 0.471. The zero-order valence-corrected chi connectivity index (χ0v) is 14.0. The second kappa shape index (κ2) is 7.02. The predicted octanol–water partition coefficient (Wildman–Crippen LogP) is 1.58. The third kappa shape index (κ3) is 3.33. The molecule has 1 aliphatic rings. The van der Waals surface area contributed by atoms with E-state index in [1.807, 2.05) is 31.6 Å². The van der Waals surface area contributed by atoms with Crippen molar-refractivity contribution in [1.29, 1.82) is 0 Å². The molecule has 3 rings (SSSR count). The lowest BCUT2D eigenvalue weighted by Gasteiger charge is -2.36. The van der Waals surface area contributed by atoms with Gasteiger partial charge in [-0.3, -0.25) is 4.90 Å². The number of aryl methyl sites for hydroxylation is 1. The van der Waals surface area contributed by atoms with E-state index in [-0.39, 0.29) is 6.04 Å². The van der Waals surface area contributed by atoms with Gasteiger partial charge in [0.15, 0.2) is 0 Å². The third-order valence-corrected chi connectivity index (χ3v) is 4.37. The Morgan fingerprint density at radius 2 is 2.17 bits per heavy atom. The number of rotatable bonds is 5. The van der Waals surface area contributed by atoms with E-state index in [9.17, 15) is 0 Å². The highest BCUT2D eigenvalue weighted by atomic mass is 16.5. The Balaban J connectivity index is 1.86. The number of nitrogens with one attached hydrogen (secondary N) is 1. The van der Waals surface area contributed by atoms with Gasteiger partial charge in [-0.25, -0.2) is 4.98 Å². The van der Waals surface area contributed by atoms with Crippen molar-refractivity contribution in [3.05, 3.63) is 42.0 Å². The molecule has 1 aromatic carbocycles. The van der Waals surface area contributed by atoms with Crippen molar-refractivity contribution in [2.24, 2.45) is 7.05 Å². The lowest BCUT2D eigenvalue weighted by atomic mass is 10.1. The molecule has 1 aromatic heterocycles. The van der Waals surface area contributed by atoms with Crippen LogP contribution in [0.15, 0.2) is 30.6 Å². The van der Waals surface area contributed by atoms with Gasteiger partial charge in [-0.2, -0.15) is 0 Å². The summed E-state index contributed by atoms with van der Waals surface area (Å²) in [6, 6.07) is 6.19. The summed E-state index contributed by atoms with van der Waals surface area (Å²) >= 11 is 0. The Bertz CT molecular complexity index is 656. The molecule has 1 saturated heterocycles. The average Bonchev–Trinajstić information content (AvgIpc) is 3.01. The zero-order valence-electron chi connectivity index (χ0n) is 14.0. The summed E-state index contributed by atoms with van der Waals surface area (Å²) in [6.07, 6.45) is 3.85. The average molecular weight is 316 g/mol. The minimum atomic E-state index is 0.250. The number of imidazole rings is 1. The van der Waals surface area contributed by atoms with Gasteiger partial charge in [-0.05, 0) is 18.2 Å². The number of ether oxygens (including phenoxy) is 2. The standard InChI is InChI=1S/C17H24N4O2/c1-20-8-7-19-17(20)15-11-18-6-9-21(15)12-13-10-14(22-2)4-5-16(13)23-3/h4-5,7-8,10,15,18H,6,9,11-12H2,1-3H3. The van der Waals surface area contributed by atoms with Crippen LogP contribution < -0.4 is 14.8 Å². The number of methoxy groups -OCH3 is 2. The van der Waals surface area contributed by atoms with Gasteiger partial charge >= 0.3 is 0 Å². The Morgan fingerprint density at radius 3 is 2.87 bits per heavy atom. The van der Waals surface area contributed by atoms with E-state index in [0.29, 0.717) is 0 Å². The van der Waals surface area contributed by atoms with Crippen LogP contribution in [-0.4, -0.2) is 48.3 Å². The Labute approximate surface area is 137 Å². The molecule has 1 fully saturated rings. The number of benzene rings is 1. The highest BCUT2D eigenvalue weighted by Gasteiger charge is 2.27. The molecule has 23 heavy (non-hydrogen) atoms. The van der Waals surface area contributed by atoms with Crippen molar-refractivity contribution in [1.82, 2.24) is 19.8 Å². The van der Waals surface area contributed by atoms with E-state index in [1.54, 1.807) is 14.2 Å². The first-order chi connectivity index (χ1) is 11.2. The van der Waals surface area contributed by atoms with E-state index >= 15 is 0 Å². The molecule has 0 spiro atoms. The minimum Gasteiger partial charge on any atom is -0.497 e. The van der Waals surface area contributed by atoms with Crippen LogP contribution in [0.4, 0.5) is 0 Å². The molecule has 1 N–H and O–H groups in total. The molecule has 2 heterocycles. The smallest absolute Gasteiger partial charge is 0.127 e. The molecular formula is C17H24N4O2. The van der Waals surface area contributed by atoms with Gasteiger partial charge in [0, 0.05) is 51.2 Å². The van der Waals surface area contributed by atoms with Crippen molar-refractivity contribution in [2.45, 2.75) is 12.6 Å². The minimum absolute atomic E-state index is 0.250. The maximum atomic E-state index is 5.52. The van der Waals surface area contributed by atoms with Gasteiger partial charge in [0.25, 0.3) is 0 Å². The van der Waals surface area contributed by atoms with Crippen molar-refractivity contribution in [2.75, 3.05) is 33.9 Å². The molecule has 0 aliphatic carbocycles. The van der Waals surface area contributed by atoms with E-state index in [2.05, 4.69) is 25.8 Å². The first-order valence-corrected chi connectivity index (χ1v) is 7.86. The summed E-state index contributed by atoms with van der Waals surface area (Å²) in [4.78, 5) is 6.97. The topological polar surface area (TPSA) is 51.6 Å². The molecule has 1 unspecified atom stereocenters. The molecule has 0 bridgehead atoms. The summed E-state index contributed by atoms with van der Waals surface area (Å²) in [5.74, 6) is 2.83. The Hall–Kier alpha value is -2.05. The monoisotopic (exact) mass is 316 g/mol.